The predicted molar refractivity (Wildman–Crippen MR) is 83.2 cm³/mol. The third-order valence-electron chi connectivity index (χ3n) is 4.14. The van der Waals surface area contributed by atoms with E-state index in [9.17, 15) is 9.59 Å². The van der Waals surface area contributed by atoms with Crippen molar-refractivity contribution >= 4 is 11.8 Å². The zero-order valence-electron chi connectivity index (χ0n) is 13.3. The smallest absolute Gasteiger partial charge is 0.343 e. The van der Waals surface area contributed by atoms with Gasteiger partial charge in [-0.15, -0.1) is 0 Å². The van der Waals surface area contributed by atoms with Crippen LogP contribution < -0.4 is 0 Å². The second kappa shape index (κ2) is 6.73. The predicted octanol–water partition coefficient (Wildman–Crippen LogP) is 2.08. The number of carbonyl (C=O) groups excluding carboxylic acids is 2. The van der Waals surface area contributed by atoms with Crippen LogP contribution in [0, 0.1) is 0 Å². The third-order valence-corrected chi connectivity index (χ3v) is 4.14. The highest BCUT2D eigenvalue weighted by atomic mass is 16.5. The number of ketones is 1. The van der Waals surface area contributed by atoms with Crippen LogP contribution in [0.2, 0.25) is 0 Å². The molecule has 0 aliphatic heterocycles. The second-order valence-corrected chi connectivity index (χ2v) is 5.86. The Morgan fingerprint density at radius 2 is 2.00 bits per heavy atom. The molecule has 5 heteroatoms. The summed E-state index contributed by atoms with van der Waals surface area (Å²) in [6.45, 7) is 0. The maximum absolute atomic E-state index is 13.2. The van der Waals surface area contributed by atoms with Crippen LogP contribution in [0.3, 0.4) is 0 Å². The molecular formula is C17H22N2O3. The van der Waals surface area contributed by atoms with Gasteiger partial charge in [0.15, 0.2) is 5.78 Å². The van der Waals surface area contributed by atoms with Crippen molar-refractivity contribution < 1.29 is 14.3 Å². The molecule has 0 amide bonds. The highest BCUT2D eigenvalue weighted by Gasteiger charge is 2.45. The van der Waals surface area contributed by atoms with Gasteiger partial charge in [-0.2, -0.15) is 0 Å². The van der Waals surface area contributed by atoms with Crippen LogP contribution in [0.5, 0.6) is 0 Å². The molecule has 0 aromatic carbocycles. The molecule has 1 aromatic rings. The van der Waals surface area contributed by atoms with Gasteiger partial charge in [0.05, 0.1) is 12.5 Å². The van der Waals surface area contributed by atoms with Crippen molar-refractivity contribution in [1.82, 2.24) is 9.88 Å². The van der Waals surface area contributed by atoms with E-state index in [2.05, 4.69) is 4.98 Å². The largest absolute Gasteiger partial charge is 0.465 e. The van der Waals surface area contributed by atoms with Gasteiger partial charge in [0.1, 0.15) is 5.57 Å². The molecule has 0 N–H and O–H groups in total. The molecule has 0 unspecified atom stereocenters. The zero-order valence-corrected chi connectivity index (χ0v) is 13.3. The normalized spacial score (nSPS) is 17.1. The average Bonchev–Trinajstić information content (AvgIpc) is 3.03. The number of Topliss-reactive ketones (excluding diaryl/α,β-unsaturated/α-hetero) is 1. The number of esters is 1. The van der Waals surface area contributed by atoms with Crippen LogP contribution in [0.4, 0.5) is 0 Å². The SMILES string of the molecule is COC(=O)/C(=C\N(C)C)C(=O)C1(c2cccnc2)CCCC1. The van der Waals surface area contributed by atoms with Crippen LogP contribution >= 0.6 is 0 Å². The maximum Gasteiger partial charge on any atom is 0.343 e. The summed E-state index contributed by atoms with van der Waals surface area (Å²) in [5, 5.41) is 0. The van der Waals surface area contributed by atoms with Crippen molar-refractivity contribution in [3.05, 3.63) is 41.9 Å². The molecule has 1 aliphatic carbocycles. The quantitative estimate of drug-likeness (QED) is 0.361. The first-order valence-corrected chi connectivity index (χ1v) is 7.43. The van der Waals surface area contributed by atoms with Gasteiger partial charge in [-0.3, -0.25) is 9.78 Å². The Bertz CT molecular complexity index is 573. The highest BCUT2D eigenvalue weighted by molar-refractivity contribution is 6.21. The number of hydrogen-bond donors (Lipinski definition) is 0. The lowest BCUT2D eigenvalue weighted by atomic mass is 9.73. The van der Waals surface area contributed by atoms with Crippen LogP contribution in [0.1, 0.15) is 31.2 Å². The number of aromatic nitrogens is 1. The van der Waals surface area contributed by atoms with E-state index in [0.717, 1.165) is 31.2 Å². The molecule has 1 aromatic heterocycles. The molecule has 118 valence electrons. The number of ether oxygens (including phenoxy) is 1. The Kier molecular flexibility index (Phi) is 4.96. The fourth-order valence-corrected chi connectivity index (χ4v) is 3.10. The first-order chi connectivity index (χ1) is 10.5. The van der Waals surface area contributed by atoms with E-state index in [1.54, 1.807) is 37.6 Å². The average molecular weight is 302 g/mol. The van der Waals surface area contributed by atoms with E-state index >= 15 is 0 Å². The van der Waals surface area contributed by atoms with E-state index in [-0.39, 0.29) is 11.4 Å². The number of hydrogen-bond acceptors (Lipinski definition) is 5. The minimum atomic E-state index is -0.662. The lowest BCUT2D eigenvalue weighted by molar-refractivity contribution is -0.138. The Balaban J connectivity index is 2.48. The molecular weight excluding hydrogens is 280 g/mol. The number of methoxy groups -OCH3 is 1. The lowest BCUT2D eigenvalue weighted by Crippen LogP contribution is -2.37. The molecule has 5 nitrogen and oxygen atoms in total. The summed E-state index contributed by atoms with van der Waals surface area (Å²) < 4.78 is 4.80. The number of carbonyl (C=O) groups is 2. The molecule has 22 heavy (non-hydrogen) atoms. The molecule has 2 rings (SSSR count). The summed E-state index contributed by atoms with van der Waals surface area (Å²) in [4.78, 5) is 31.1. The topological polar surface area (TPSA) is 59.5 Å². The van der Waals surface area contributed by atoms with Gasteiger partial charge in [0.25, 0.3) is 0 Å². The molecule has 0 saturated heterocycles. The van der Waals surface area contributed by atoms with E-state index in [1.165, 1.54) is 7.11 Å². The zero-order chi connectivity index (χ0) is 16.2. The molecule has 1 saturated carbocycles. The Labute approximate surface area is 131 Å². The minimum Gasteiger partial charge on any atom is -0.465 e. The summed E-state index contributed by atoms with van der Waals surface area (Å²) in [5.74, 6) is -0.757. The highest BCUT2D eigenvalue weighted by Crippen LogP contribution is 2.43. The first kappa shape index (κ1) is 16.2. The standard InChI is InChI=1S/C17H22N2O3/c1-19(2)12-14(16(21)22-3)15(20)17(8-4-5-9-17)13-7-6-10-18-11-13/h6-7,10-12H,4-5,8-9H2,1-3H3/b14-12-. The van der Waals surface area contributed by atoms with Gasteiger partial charge >= 0.3 is 5.97 Å². The summed E-state index contributed by atoms with van der Waals surface area (Å²) in [6, 6.07) is 3.75. The summed E-state index contributed by atoms with van der Waals surface area (Å²) >= 11 is 0. The van der Waals surface area contributed by atoms with E-state index in [1.807, 2.05) is 12.1 Å². The van der Waals surface area contributed by atoms with Crippen LogP contribution in [0.15, 0.2) is 36.3 Å². The molecule has 1 heterocycles. The summed E-state index contributed by atoms with van der Waals surface area (Å²) in [5.41, 5.74) is 0.314. The number of rotatable bonds is 5. The number of nitrogens with zero attached hydrogens (tertiary/aromatic N) is 2. The van der Waals surface area contributed by atoms with Crippen LogP contribution in [-0.2, 0) is 19.7 Å². The fourth-order valence-electron chi connectivity index (χ4n) is 3.10. The van der Waals surface area contributed by atoms with Crippen molar-refractivity contribution in [1.29, 1.82) is 0 Å². The number of pyridine rings is 1. The van der Waals surface area contributed by atoms with Gasteiger partial charge in [-0.25, -0.2) is 4.79 Å². The third kappa shape index (κ3) is 3.03. The van der Waals surface area contributed by atoms with Crippen molar-refractivity contribution in [2.45, 2.75) is 31.1 Å². The fraction of sp³-hybridized carbons (Fsp3) is 0.471. The van der Waals surface area contributed by atoms with Crippen molar-refractivity contribution in [3.63, 3.8) is 0 Å². The minimum absolute atomic E-state index is 0.0956. The second-order valence-electron chi connectivity index (χ2n) is 5.86. The van der Waals surface area contributed by atoms with E-state index in [4.69, 9.17) is 4.74 Å². The van der Waals surface area contributed by atoms with Crippen molar-refractivity contribution in [2.24, 2.45) is 0 Å². The molecule has 0 atom stereocenters. The lowest BCUT2D eigenvalue weighted by Gasteiger charge is -2.28. The van der Waals surface area contributed by atoms with E-state index in [0.29, 0.717) is 0 Å². The summed E-state index contributed by atoms with van der Waals surface area (Å²) in [6.07, 6.45) is 8.37. The van der Waals surface area contributed by atoms with E-state index < -0.39 is 11.4 Å². The Morgan fingerprint density at radius 1 is 1.32 bits per heavy atom. The van der Waals surface area contributed by atoms with Gasteiger partial charge in [-0.05, 0) is 24.5 Å². The molecule has 0 bridgehead atoms. The first-order valence-electron chi connectivity index (χ1n) is 7.43. The summed E-state index contributed by atoms with van der Waals surface area (Å²) in [7, 11) is 4.85. The van der Waals surface area contributed by atoms with Gasteiger partial charge in [0.2, 0.25) is 0 Å². The van der Waals surface area contributed by atoms with Gasteiger partial charge in [-0.1, -0.05) is 18.9 Å². The van der Waals surface area contributed by atoms with Gasteiger partial charge in [0, 0.05) is 32.7 Å². The molecule has 1 fully saturated rings. The monoisotopic (exact) mass is 302 g/mol. The van der Waals surface area contributed by atoms with Crippen molar-refractivity contribution in [2.75, 3.05) is 21.2 Å². The Hall–Kier alpha value is -2.17. The van der Waals surface area contributed by atoms with Crippen molar-refractivity contribution in [3.8, 4) is 0 Å². The van der Waals surface area contributed by atoms with Crippen LogP contribution in [0.25, 0.3) is 0 Å². The molecule has 0 spiro atoms. The molecule has 0 radical (unpaired) electrons. The van der Waals surface area contributed by atoms with Crippen LogP contribution in [-0.4, -0.2) is 42.8 Å². The molecule has 1 aliphatic rings. The maximum atomic E-state index is 13.2. The van der Waals surface area contributed by atoms with Gasteiger partial charge < -0.3 is 9.64 Å². The Morgan fingerprint density at radius 3 is 2.50 bits per heavy atom.